The Morgan fingerprint density at radius 2 is 2.47 bits per heavy atom. The van der Waals surface area contributed by atoms with Gasteiger partial charge in [-0.15, -0.1) is 0 Å². The average molecular weight is 236 g/mol. The Kier molecular flexibility index (Phi) is 3.81. The first-order valence-electron chi connectivity index (χ1n) is 5.90. The predicted molar refractivity (Wildman–Crippen MR) is 69.3 cm³/mol. The SMILES string of the molecule is COC[C@H]1CN(c2cnc(N)cc2C)CCN1. The highest BCUT2D eigenvalue weighted by Gasteiger charge is 2.20. The lowest BCUT2D eigenvalue weighted by molar-refractivity contribution is 0.163. The minimum Gasteiger partial charge on any atom is -0.384 e. The maximum Gasteiger partial charge on any atom is 0.123 e. The molecule has 0 aliphatic carbocycles. The van der Waals surface area contributed by atoms with Crippen molar-refractivity contribution in [3.63, 3.8) is 0 Å². The first-order chi connectivity index (χ1) is 8.20. The number of aromatic nitrogens is 1. The van der Waals surface area contributed by atoms with Crippen LogP contribution in [0, 0.1) is 6.92 Å². The van der Waals surface area contributed by atoms with Crippen LogP contribution >= 0.6 is 0 Å². The van der Waals surface area contributed by atoms with Gasteiger partial charge in [0.2, 0.25) is 0 Å². The summed E-state index contributed by atoms with van der Waals surface area (Å²) in [5.41, 5.74) is 8.01. The molecule has 94 valence electrons. The molecule has 5 nitrogen and oxygen atoms in total. The van der Waals surface area contributed by atoms with Crippen LogP contribution in [0.25, 0.3) is 0 Å². The largest absolute Gasteiger partial charge is 0.384 e. The number of aryl methyl sites for hydroxylation is 1. The standard InChI is InChI=1S/C12H20N4O/c1-9-5-12(13)15-6-11(9)16-4-3-14-10(7-16)8-17-2/h5-6,10,14H,3-4,7-8H2,1-2H3,(H2,13,15)/t10-/m1/s1. The molecular weight excluding hydrogens is 216 g/mol. The van der Waals surface area contributed by atoms with Gasteiger partial charge in [0.1, 0.15) is 5.82 Å². The molecule has 0 unspecified atom stereocenters. The van der Waals surface area contributed by atoms with Crippen molar-refractivity contribution in [3.05, 3.63) is 17.8 Å². The third kappa shape index (κ3) is 2.87. The Hall–Kier alpha value is -1.33. The van der Waals surface area contributed by atoms with E-state index in [0.29, 0.717) is 11.9 Å². The topological polar surface area (TPSA) is 63.4 Å². The number of nitrogen functional groups attached to an aromatic ring is 1. The smallest absolute Gasteiger partial charge is 0.123 e. The van der Waals surface area contributed by atoms with E-state index in [1.54, 1.807) is 7.11 Å². The van der Waals surface area contributed by atoms with Gasteiger partial charge in [-0.3, -0.25) is 0 Å². The van der Waals surface area contributed by atoms with Crippen LogP contribution in [0.1, 0.15) is 5.56 Å². The van der Waals surface area contributed by atoms with Crippen LogP contribution in [0.15, 0.2) is 12.3 Å². The first-order valence-corrected chi connectivity index (χ1v) is 5.90. The first kappa shape index (κ1) is 12.1. The van der Waals surface area contributed by atoms with Gasteiger partial charge in [0, 0.05) is 32.8 Å². The van der Waals surface area contributed by atoms with E-state index in [1.807, 2.05) is 12.3 Å². The lowest BCUT2D eigenvalue weighted by atomic mass is 10.1. The van der Waals surface area contributed by atoms with Crippen molar-refractivity contribution < 1.29 is 4.74 Å². The van der Waals surface area contributed by atoms with E-state index in [1.165, 1.54) is 11.3 Å². The fourth-order valence-electron chi connectivity index (χ4n) is 2.26. The van der Waals surface area contributed by atoms with E-state index < -0.39 is 0 Å². The number of nitrogens with zero attached hydrogens (tertiary/aromatic N) is 2. The molecule has 0 amide bonds. The van der Waals surface area contributed by atoms with E-state index in [0.717, 1.165) is 26.2 Å². The summed E-state index contributed by atoms with van der Waals surface area (Å²) in [7, 11) is 1.73. The van der Waals surface area contributed by atoms with Gasteiger partial charge in [0.25, 0.3) is 0 Å². The molecule has 1 saturated heterocycles. The molecule has 2 heterocycles. The summed E-state index contributed by atoms with van der Waals surface area (Å²) >= 11 is 0. The van der Waals surface area contributed by atoms with E-state index in [-0.39, 0.29) is 0 Å². The predicted octanol–water partition coefficient (Wildman–Crippen LogP) is 0.397. The highest BCUT2D eigenvalue weighted by molar-refractivity contribution is 5.55. The van der Waals surface area contributed by atoms with Crippen molar-refractivity contribution in [2.45, 2.75) is 13.0 Å². The summed E-state index contributed by atoms with van der Waals surface area (Å²) in [6, 6.07) is 2.30. The molecule has 3 N–H and O–H groups in total. The quantitative estimate of drug-likeness (QED) is 0.795. The van der Waals surface area contributed by atoms with Crippen LogP contribution < -0.4 is 16.0 Å². The molecule has 2 rings (SSSR count). The molecule has 0 aromatic carbocycles. The summed E-state index contributed by atoms with van der Waals surface area (Å²) in [6.45, 7) is 5.71. The van der Waals surface area contributed by atoms with Gasteiger partial charge >= 0.3 is 0 Å². The fourth-order valence-corrected chi connectivity index (χ4v) is 2.26. The number of nitrogens with two attached hydrogens (primary N) is 1. The van der Waals surface area contributed by atoms with Crippen molar-refractivity contribution in [2.24, 2.45) is 0 Å². The second-order valence-corrected chi connectivity index (χ2v) is 4.45. The summed E-state index contributed by atoms with van der Waals surface area (Å²) in [5.74, 6) is 0.579. The van der Waals surface area contributed by atoms with Crippen molar-refractivity contribution in [1.82, 2.24) is 10.3 Å². The van der Waals surface area contributed by atoms with Gasteiger partial charge in [-0.2, -0.15) is 0 Å². The van der Waals surface area contributed by atoms with Crippen LogP contribution in [-0.2, 0) is 4.74 Å². The van der Waals surface area contributed by atoms with Crippen LogP contribution in [0.4, 0.5) is 11.5 Å². The normalized spacial score (nSPS) is 20.6. The maximum absolute atomic E-state index is 5.67. The summed E-state index contributed by atoms with van der Waals surface area (Å²) < 4.78 is 5.19. The van der Waals surface area contributed by atoms with Gasteiger partial charge in [0.15, 0.2) is 0 Å². The molecule has 0 bridgehead atoms. The number of methoxy groups -OCH3 is 1. The fraction of sp³-hybridized carbons (Fsp3) is 0.583. The number of pyridine rings is 1. The summed E-state index contributed by atoms with van der Waals surface area (Å²) in [4.78, 5) is 6.51. The van der Waals surface area contributed by atoms with Crippen LogP contribution in [0.3, 0.4) is 0 Å². The Labute approximate surface area is 102 Å². The molecule has 1 aromatic heterocycles. The maximum atomic E-state index is 5.67. The zero-order valence-electron chi connectivity index (χ0n) is 10.4. The second kappa shape index (κ2) is 5.33. The Bertz CT molecular complexity index is 381. The molecule has 1 fully saturated rings. The van der Waals surface area contributed by atoms with Gasteiger partial charge in [-0.05, 0) is 18.6 Å². The number of ether oxygens (including phenoxy) is 1. The van der Waals surface area contributed by atoms with E-state index >= 15 is 0 Å². The molecule has 1 aliphatic heterocycles. The molecule has 1 aromatic rings. The zero-order chi connectivity index (χ0) is 12.3. The molecule has 1 aliphatic rings. The number of rotatable bonds is 3. The van der Waals surface area contributed by atoms with Gasteiger partial charge in [-0.25, -0.2) is 4.98 Å². The Balaban J connectivity index is 2.10. The lowest BCUT2D eigenvalue weighted by Gasteiger charge is -2.35. The molecular formula is C12H20N4O. The van der Waals surface area contributed by atoms with Gasteiger partial charge < -0.3 is 20.7 Å². The van der Waals surface area contributed by atoms with Gasteiger partial charge in [0.05, 0.1) is 18.5 Å². The molecule has 17 heavy (non-hydrogen) atoms. The number of anilines is 2. The molecule has 0 saturated carbocycles. The Morgan fingerprint density at radius 3 is 3.18 bits per heavy atom. The number of hydrogen-bond acceptors (Lipinski definition) is 5. The van der Waals surface area contributed by atoms with E-state index in [4.69, 9.17) is 10.5 Å². The number of piperazine rings is 1. The monoisotopic (exact) mass is 236 g/mol. The molecule has 1 atom stereocenters. The molecule has 5 heteroatoms. The van der Waals surface area contributed by atoms with E-state index in [9.17, 15) is 0 Å². The minimum absolute atomic E-state index is 0.380. The lowest BCUT2D eigenvalue weighted by Crippen LogP contribution is -2.52. The Morgan fingerprint density at radius 1 is 1.65 bits per heavy atom. The highest BCUT2D eigenvalue weighted by Crippen LogP contribution is 2.21. The van der Waals surface area contributed by atoms with Crippen LogP contribution in [-0.4, -0.2) is 44.4 Å². The van der Waals surface area contributed by atoms with E-state index in [2.05, 4.69) is 22.1 Å². The van der Waals surface area contributed by atoms with Crippen molar-refractivity contribution in [3.8, 4) is 0 Å². The second-order valence-electron chi connectivity index (χ2n) is 4.45. The molecule has 0 radical (unpaired) electrons. The summed E-state index contributed by atoms with van der Waals surface area (Å²) in [6.07, 6.45) is 1.86. The van der Waals surface area contributed by atoms with Crippen molar-refractivity contribution in [1.29, 1.82) is 0 Å². The van der Waals surface area contributed by atoms with Gasteiger partial charge in [-0.1, -0.05) is 0 Å². The molecule has 0 spiro atoms. The highest BCUT2D eigenvalue weighted by atomic mass is 16.5. The number of nitrogens with one attached hydrogen (secondary N) is 1. The number of hydrogen-bond donors (Lipinski definition) is 2. The third-order valence-corrected chi connectivity index (χ3v) is 3.07. The van der Waals surface area contributed by atoms with Crippen LogP contribution in [0.5, 0.6) is 0 Å². The average Bonchev–Trinajstić information content (AvgIpc) is 2.29. The summed E-state index contributed by atoms with van der Waals surface area (Å²) in [5, 5.41) is 3.44. The van der Waals surface area contributed by atoms with Crippen molar-refractivity contribution in [2.75, 3.05) is 44.0 Å². The van der Waals surface area contributed by atoms with Crippen molar-refractivity contribution >= 4 is 11.5 Å². The van der Waals surface area contributed by atoms with Crippen LogP contribution in [0.2, 0.25) is 0 Å². The minimum atomic E-state index is 0.380. The third-order valence-electron chi connectivity index (χ3n) is 3.07. The zero-order valence-corrected chi connectivity index (χ0v) is 10.4.